The summed E-state index contributed by atoms with van der Waals surface area (Å²) in [6, 6.07) is 2.75. The lowest BCUT2D eigenvalue weighted by molar-refractivity contribution is 0.444. The highest BCUT2D eigenvalue weighted by molar-refractivity contribution is 5.50. The van der Waals surface area contributed by atoms with Gasteiger partial charge in [-0.15, -0.1) is 0 Å². The Bertz CT molecular complexity index is 468. The molecule has 0 radical (unpaired) electrons. The van der Waals surface area contributed by atoms with Crippen LogP contribution in [0.25, 0.3) is 0 Å². The predicted octanol–water partition coefficient (Wildman–Crippen LogP) is 3.77. The van der Waals surface area contributed by atoms with Crippen molar-refractivity contribution in [3.63, 3.8) is 0 Å². The second-order valence-electron chi connectivity index (χ2n) is 6.83. The molecule has 1 aromatic heterocycles. The third-order valence-electron chi connectivity index (χ3n) is 4.76. The Morgan fingerprint density at radius 3 is 2.67 bits per heavy atom. The first-order valence-electron chi connectivity index (χ1n) is 8.58. The van der Waals surface area contributed by atoms with Gasteiger partial charge in [0.05, 0.1) is 0 Å². The molecule has 116 valence electrons. The van der Waals surface area contributed by atoms with Crippen molar-refractivity contribution in [2.45, 2.75) is 64.8 Å². The van der Waals surface area contributed by atoms with E-state index in [1.807, 2.05) is 6.92 Å². The van der Waals surface area contributed by atoms with Crippen LogP contribution in [0.5, 0.6) is 0 Å². The summed E-state index contributed by atoms with van der Waals surface area (Å²) in [5, 5.41) is 3.63. The van der Waals surface area contributed by atoms with Crippen molar-refractivity contribution < 1.29 is 0 Å². The average Bonchev–Trinajstić information content (AvgIpc) is 2.48. The zero-order valence-electron chi connectivity index (χ0n) is 13.4. The summed E-state index contributed by atoms with van der Waals surface area (Å²) in [5.74, 6) is 3.77. The molecule has 1 aliphatic carbocycles. The van der Waals surface area contributed by atoms with Gasteiger partial charge in [0.15, 0.2) is 0 Å². The Kier molecular flexibility index (Phi) is 4.61. The van der Waals surface area contributed by atoms with Gasteiger partial charge in [-0.2, -0.15) is 0 Å². The fourth-order valence-corrected chi connectivity index (χ4v) is 3.64. The molecule has 21 heavy (non-hydrogen) atoms. The van der Waals surface area contributed by atoms with Gasteiger partial charge in [0.1, 0.15) is 17.5 Å². The van der Waals surface area contributed by atoms with Gasteiger partial charge in [-0.1, -0.05) is 26.2 Å². The van der Waals surface area contributed by atoms with Crippen LogP contribution < -0.4 is 10.2 Å². The molecule has 1 aromatic rings. The summed E-state index contributed by atoms with van der Waals surface area (Å²) in [4.78, 5) is 11.7. The zero-order valence-corrected chi connectivity index (χ0v) is 13.4. The lowest BCUT2D eigenvalue weighted by Crippen LogP contribution is -2.35. The van der Waals surface area contributed by atoms with Crippen molar-refractivity contribution in [2.75, 3.05) is 23.3 Å². The van der Waals surface area contributed by atoms with Crippen molar-refractivity contribution in [1.29, 1.82) is 0 Å². The van der Waals surface area contributed by atoms with Gasteiger partial charge < -0.3 is 10.2 Å². The molecule has 4 nitrogen and oxygen atoms in total. The molecule has 2 aliphatic rings. The van der Waals surface area contributed by atoms with Gasteiger partial charge in [-0.25, -0.2) is 9.97 Å². The summed E-state index contributed by atoms with van der Waals surface area (Å²) in [6.07, 6.45) is 9.25. The molecule has 0 spiro atoms. The molecule has 1 saturated heterocycles. The van der Waals surface area contributed by atoms with Gasteiger partial charge >= 0.3 is 0 Å². The summed E-state index contributed by atoms with van der Waals surface area (Å²) >= 11 is 0. The maximum Gasteiger partial charge on any atom is 0.134 e. The van der Waals surface area contributed by atoms with Crippen LogP contribution in [0.4, 0.5) is 11.6 Å². The van der Waals surface area contributed by atoms with Gasteiger partial charge in [-0.3, -0.25) is 0 Å². The van der Waals surface area contributed by atoms with Crippen LogP contribution in [0.1, 0.15) is 57.7 Å². The minimum Gasteiger partial charge on any atom is -0.367 e. The van der Waals surface area contributed by atoms with E-state index in [0.717, 1.165) is 36.5 Å². The van der Waals surface area contributed by atoms with E-state index in [1.54, 1.807) is 0 Å². The van der Waals surface area contributed by atoms with Crippen molar-refractivity contribution in [2.24, 2.45) is 5.92 Å². The molecule has 1 saturated carbocycles. The number of anilines is 2. The third kappa shape index (κ3) is 3.86. The molecular weight excluding hydrogens is 260 g/mol. The quantitative estimate of drug-likeness (QED) is 0.919. The predicted molar refractivity (Wildman–Crippen MR) is 87.9 cm³/mol. The molecule has 0 bridgehead atoms. The van der Waals surface area contributed by atoms with E-state index in [1.165, 1.54) is 44.9 Å². The molecule has 2 heterocycles. The first-order chi connectivity index (χ1) is 10.2. The topological polar surface area (TPSA) is 41.1 Å². The summed E-state index contributed by atoms with van der Waals surface area (Å²) in [5.41, 5.74) is 0. The number of aromatic nitrogens is 2. The second kappa shape index (κ2) is 6.63. The lowest BCUT2D eigenvalue weighted by atomic mass is 9.95. The Balaban J connectivity index is 1.72. The normalized spacial score (nSPS) is 24.1. The smallest absolute Gasteiger partial charge is 0.134 e. The van der Waals surface area contributed by atoms with E-state index in [0.29, 0.717) is 6.04 Å². The van der Waals surface area contributed by atoms with Crippen LogP contribution in [-0.2, 0) is 0 Å². The van der Waals surface area contributed by atoms with Crippen LogP contribution in [0.3, 0.4) is 0 Å². The Labute approximate surface area is 128 Å². The number of nitrogens with one attached hydrogen (secondary N) is 1. The molecule has 1 aliphatic heterocycles. The maximum absolute atomic E-state index is 4.66. The highest BCUT2D eigenvalue weighted by atomic mass is 15.2. The van der Waals surface area contributed by atoms with E-state index in [4.69, 9.17) is 0 Å². The Morgan fingerprint density at radius 2 is 1.90 bits per heavy atom. The first kappa shape index (κ1) is 14.6. The number of piperidine rings is 1. The number of hydrogen-bond acceptors (Lipinski definition) is 4. The fourth-order valence-electron chi connectivity index (χ4n) is 3.64. The van der Waals surface area contributed by atoms with Gasteiger partial charge in [0, 0.05) is 25.2 Å². The van der Waals surface area contributed by atoms with Crippen molar-refractivity contribution >= 4 is 11.6 Å². The Hall–Kier alpha value is -1.32. The van der Waals surface area contributed by atoms with Crippen LogP contribution in [-0.4, -0.2) is 29.1 Å². The standard InChI is InChI=1S/C17H28N4/c1-13-7-6-10-21(12-13)17-11-16(18-14(2)19-17)20-15-8-4-3-5-9-15/h11,13,15H,3-10,12H2,1-2H3,(H,18,19,20). The largest absolute Gasteiger partial charge is 0.367 e. The summed E-state index contributed by atoms with van der Waals surface area (Å²) in [7, 11) is 0. The molecule has 1 atom stereocenters. The molecule has 1 unspecified atom stereocenters. The average molecular weight is 288 g/mol. The molecule has 3 rings (SSSR count). The van der Waals surface area contributed by atoms with Crippen molar-refractivity contribution in [1.82, 2.24) is 9.97 Å². The van der Waals surface area contributed by atoms with Crippen LogP contribution in [0.15, 0.2) is 6.07 Å². The van der Waals surface area contributed by atoms with Crippen molar-refractivity contribution in [3.8, 4) is 0 Å². The monoisotopic (exact) mass is 288 g/mol. The SMILES string of the molecule is Cc1nc(NC2CCCCC2)cc(N2CCCC(C)C2)n1. The maximum atomic E-state index is 4.66. The molecule has 1 N–H and O–H groups in total. The van der Waals surface area contributed by atoms with Gasteiger partial charge in [0.25, 0.3) is 0 Å². The lowest BCUT2D eigenvalue weighted by Gasteiger charge is -2.32. The second-order valence-corrected chi connectivity index (χ2v) is 6.83. The van der Waals surface area contributed by atoms with E-state index >= 15 is 0 Å². The first-order valence-corrected chi connectivity index (χ1v) is 8.58. The van der Waals surface area contributed by atoms with E-state index < -0.39 is 0 Å². The zero-order chi connectivity index (χ0) is 14.7. The number of rotatable bonds is 3. The van der Waals surface area contributed by atoms with Crippen LogP contribution in [0, 0.1) is 12.8 Å². The van der Waals surface area contributed by atoms with E-state index in [2.05, 4.69) is 33.2 Å². The molecule has 2 fully saturated rings. The fraction of sp³-hybridized carbons (Fsp3) is 0.765. The highest BCUT2D eigenvalue weighted by Crippen LogP contribution is 2.25. The minimum atomic E-state index is 0.598. The van der Waals surface area contributed by atoms with E-state index in [9.17, 15) is 0 Å². The highest BCUT2D eigenvalue weighted by Gasteiger charge is 2.19. The van der Waals surface area contributed by atoms with E-state index in [-0.39, 0.29) is 0 Å². The Morgan fingerprint density at radius 1 is 1.10 bits per heavy atom. The molecule has 4 heteroatoms. The third-order valence-corrected chi connectivity index (χ3v) is 4.76. The molecule has 0 aromatic carbocycles. The summed E-state index contributed by atoms with van der Waals surface area (Å²) < 4.78 is 0. The number of aryl methyl sites for hydroxylation is 1. The van der Waals surface area contributed by atoms with Crippen molar-refractivity contribution in [3.05, 3.63) is 11.9 Å². The van der Waals surface area contributed by atoms with Gasteiger partial charge in [-0.05, 0) is 38.5 Å². The minimum absolute atomic E-state index is 0.598. The molecule has 0 amide bonds. The number of nitrogens with zero attached hydrogens (tertiary/aromatic N) is 3. The number of hydrogen-bond donors (Lipinski definition) is 1. The molecular formula is C17H28N4. The van der Waals surface area contributed by atoms with Gasteiger partial charge in [0.2, 0.25) is 0 Å². The van der Waals surface area contributed by atoms with Crippen LogP contribution >= 0.6 is 0 Å². The summed E-state index contributed by atoms with van der Waals surface area (Å²) in [6.45, 7) is 6.59. The van der Waals surface area contributed by atoms with Crippen LogP contribution in [0.2, 0.25) is 0 Å².